The molecule has 1 aliphatic carbocycles. The zero-order valence-corrected chi connectivity index (χ0v) is 30.1. The molecular formula is C34H31F8N3O11S. The first-order valence-electron chi connectivity index (χ1n) is 15.9. The van der Waals surface area contributed by atoms with E-state index in [1.165, 1.54) is 30.3 Å². The number of unbranched alkanes of at least 4 members (excludes halogenated alkanes) is 2. The van der Waals surface area contributed by atoms with Crippen LogP contribution in [-0.2, 0) is 28.5 Å². The number of nitrogens with one attached hydrogen (secondary N) is 2. The summed E-state index contributed by atoms with van der Waals surface area (Å²) in [5.74, 6) is -6.47. The molecule has 0 radical (unpaired) electrons. The lowest BCUT2D eigenvalue weighted by Gasteiger charge is -2.29. The number of anilines is 1. The highest BCUT2D eigenvalue weighted by Crippen LogP contribution is 2.44. The number of halogens is 8. The maximum Gasteiger partial charge on any atom is 0.460 e. The molecule has 14 nitrogen and oxygen atoms in total. The monoisotopic (exact) mass is 841 g/mol. The van der Waals surface area contributed by atoms with Gasteiger partial charge in [0.25, 0.3) is 0 Å². The van der Waals surface area contributed by atoms with Crippen LogP contribution in [0.4, 0.5) is 40.8 Å². The molecule has 2 aromatic rings. The van der Waals surface area contributed by atoms with E-state index in [-0.39, 0.29) is 31.0 Å². The minimum Gasteiger partial charge on any atom is -0.508 e. The van der Waals surface area contributed by atoms with Crippen molar-refractivity contribution in [1.82, 2.24) is 5.32 Å². The van der Waals surface area contributed by atoms with Crippen molar-refractivity contribution in [2.45, 2.75) is 43.7 Å². The van der Waals surface area contributed by atoms with E-state index in [0.717, 1.165) is 19.3 Å². The Labute approximate surface area is 320 Å². The van der Waals surface area contributed by atoms with Crippen molar-refractivity contribution in [3.8, 4) is 28.2 Å². The number of aromatic hydroxyl groups is 1. The van der Waals surface area contributed by atoms with E-state index in [0.29, 0.717) is 57.3 Å². The molecule has 4 rings (SSSR count). The summed E-state index contributed by atoms with van der Waals surface area (Å²) in [6.07, 6.45) is -21.2. The number of ether oxygens (including phenoxy) is 4. The van der Waals surface area contributed by atoms with Crippen molar-refractivity contribution in [2.24, 2.45) is 5.73 Å². The largest absolute Gasteiger partial charge is 0.508 e. The van der Waals surface area contributed by atoms with Crippen molar-refractivity contribution in [3.05, 3.63) is 70.4 Å². The van der Waals surface area contributed by atoms with E-state index < -0.39 is 42.3 Å². The molecule has 0 spiro atoms. The molecule has 23 heteroatoms. The van der Waals surface area contributed by atoms with Crippen molar-refractivity contribution >= 4 is 51.9 Å². The molecule has 6 N–H and O–H groups in total. The smallest absolute Gasteiger partial charge is 0.460 e. The molecule has 310 valence electrons. The summed E-state index contributed by atoms with van der Waals surface area (Å²) in [7, 11) is 0.551. The summed E-state index contributed by atoms with van der Waals surface area (Å²) >= 11 is 5.34. The Balaban J connectivity index is 0.000000343. The molecule has 2 aliphatic rings. The molecule has 0 fully saturated rings. The molecule has 0 saturated carbocycles. The van der Waals surface area contributed by atoms with E-state index in [1.807, 2.05) is 0 Å². The molecule has 57 heavy (non-hydrogen) atoms. The van der Waals surface area contributed by atoms with Crippen molar-refractivity contribution in [2.75, 3.05) is 32.6 Å². The highest BCUT2D eigenvalue weighted by molar-refractivity contribution is 7.80. The maximum atomic E-state index is 12.8. The van der Waals surface area contributed by atoms with Gasteiger partial charge in [-0.3, -0.25) is 4.79 Å². The summed E-state index contributed by atoms with van der Waals surface area (Å²) in [4.78, 5) is 44.9. The van der Waals surface area contributed by atoms with Gasteiger partial charge in [0.05, 0.1) is 19.8 Å². The van der Waals surface area contributed by atoms with Gasteiger partial charge in [0.1, 0.15) is 17.1 Å². The Hall–Kier alpha value is -5.65. The third-order valence-electron chi connectivity index (χ3n) is 7.32. The van der Waals surface area contributed by atoms with Gasteiger partial charge in [-0.2, -0.15) is 35.1 Å². The number of rotatable bonds is 15. The number of alkyl halides is 8. The molecule has 1 aliphatic heterocycles. The number of methoxy groups -OCH3 is 2. The third-order valence-corrected chi connectivity index (χ3v) is 7.56. The zero-order valence-electron chi connectivity index (χ0n) is 29.3. The van der Waals surface area contributed by atoms with Crippen LogP contribution in [0.3, 0.4) is 0 Å². The molecule has 0 bridgehead atoms. The van der Waals surface area contributed by atoms with Gasteiger partial charge >= 0.3 is 42.3 Å². The fourth-order valence-electron chi connectivity index (χ4n) is 4.75. The average molecular weight is 842 g/mol. The first kappa shape index (κ1) is 45.7. The first-order chi connectivity index (χ1) is 26.5. The summed E-state index contributed by atoms with van der Waals surface area (Å²) in [5.41, 5.74) is 7.78. The number of carboxylic acids is 1. The van der Waals surface area contributed by atoms with Crippen molar-refractivity contribution < 1.29 is 83.1 Å². The Bertz CT molecular complexity index is 2100. The summed E-state index contributed by atoms with van der Waals surface area (Å²) in [6.45, 7) is 1.35. The normalized spacial score (nSPS) is 12.1. The lowest BCUT2D eigenvalue weighted by Crippen LogP contribution is -2.54. The molecule has 2 aromatic carbocycles. The number of phenolic OH excluding ortho intramolecular Hbond substituents is 1. The fourth-order valence-corrected chi connectivity index (χ4v) is 4.97. The number of hydrogen-bond donors (Lipinski definition) is 5. The number of hydrogen-bond acceptors (Lipinski definition) is 12. The van der Waals surface area contributed by atoms with E-state index in [1.54, 1.807) is 24.3 Å². The second kappa shape index (κ2) is 18.5. The Morgan fingerprint density at radius 2 is 1.39 bits per heavy atom. The maximum absolute atomic E-state index is 12.8. The fraction of sp³-hybridized carbons (Fsp3) is 0.324. The van der Waals surface area contributed by atoms with Crippen LogP contribution in [0.5, 0.6) is 5.75 Å². The second-order valence-corrected chi connectivity index (χ2v) is 11.8. The van der Waals surface area contributed by atoms with E-state index in [2.05, 4.69) is 29.6 Å². The topological polar surface area (TPSA) is 209 Å². The number of esters is 2. The van der Waals surface area contributed by atoms with Crippen LogP contribution in [0.15, 0.2) is 63.8 Å². The average Bonchev–Trinajstić information content (AvgIpc) is 3.12. The lowest BCUT2D eigenvalue weighted by molar-refractivity contribution is -0.502. The Kier molecular flexibility index (Phi) is 14.9. The molecule has 0 amide bonds. The van der Waals surface area contributed by atoms with Crippen LogP contribution in [0.25, 0.3) is 33.4 Å². The molecule has 0 unspecified atom stereocenters. The van der Waals surface area contributed by atoms with Crippen LogP contribution in [0.1, 0.15) is 29.6 Å². The number of carbonyl (C=O) groups is 3. The third kappa shape index (κ3) is 11.5. The van der Waals surface area contributed by atoms with Crippen LogP contribution < -0.4 is 21.8 Å². The predicted octanol–water partition coefficient (Wildman–Crippen LogP) is 6.12. The van der Waals surface area contributed by atoms with Gasteiger partial charge in [-0.25, -0.2) is 23.9 Å². The number of fused-ring (bicyclic) bond motifs is 2. The number of aromatic carboxylic acids is 1. The standard InChI is InChI=1S/C26H25N3O5S.C8H6F8O6/c27-10-2-1-3-11-28-26(35)29-15-4-7-18(21(12-15)25(32)33)24-19-8-5-16(30)13-22(19)34-23-14-17(31)6-9-20(23)24;1-19-3(17)5(9,10)21-7(13,14)8(15,16)22-6(11,12)4(18)20-2/h4-9,12-14,30H,1-3,10-11,27H2,(H,32,33)(H2,28,29,35);1-2H3. The number of carbonyl (C=O) groups excluding carboxylic acids is 2. The van der Waals surface area contributed by atoms with Gasteiger partial charge in [0, 0.05) is 40.9 Å². The van der Waals surface area contributed by atoms with E-state index >= 15 is 0 Å². The van der Waals surface area contributed by atoms with Gasteiger partial charge in [-0.15, -0.1) is 0 Å². The SMILES string of the molecule is COC(=O)C(F)(F)OC(F)(F)C(F)(F)OC(F)(F)C(=O)OC.NCCCCCNC(=S)Nc1ccc(-c2c3ccc(=O)cc-3oc3cc(O)ccc23)c(C(=O)O)c1. The van der Waals surface area contributed by atoms with Crippen LogP contribution >= 0.6 is 12.2 Å². The quantitative estimate of drug-likeness (QED) is 0.0300. The number of benzene rings is 3. The molecule has 0 atom stereocenters. The highest BCUT2D eigenvalue weighted by Gasteiger charge is 2.70. The molecular weight excluding hydrogens is 810 g/mol. The van der Waals surface area contributed by atoms with Crippen LogP contribution in [0, 0.1) is 0 Å². The van der Waals surface area contributed by atoms with Gasteiger partial charge in [-0.05, 0) is 73.6 Å². The van der Waals surface area contributed by atoms with E-state index in [9.17, 15) is 64.5 Å². The van der Waals surface area contributed by atoms with Gasteiger partial charge in [-0.1, -0.05) is 12.5 Å². The zero-order chi connectivity index (χ0) is 42.9. The summed E-state index contributed by atoms with van der Waals surface area (Å²) in [5, 5.41) is 27.1. The van der Waals surface area contributed by atoms with Crippen LogP contribution in [0.2, 0.25) is 0 Å². The Morgan fingerprint density at radius 1 is 0.807 bits per heavy atom. The number of thiocarbonyl (C=S) groups is 1. The second-order valence-electron chi connectivity index (χ2n) is 11.4. The number of phenols is 1. The lowest BCUT2D eigenvalue weighted by atomic mass is 9.90. The number of carboxylic acid groups (broad SMARTS) is 1. The number of nitrogens with two attached hydrogens (primary N) is 1. The summed E-state index contributed by atoms with van der Waals surface area (Å²) < 4.78 is 119. The first-order valence-corrected chi connectivity index (χ1v) is 16.3. The van der Waals surface area contributed by atoms with Crippen LogP contribution in [-0.4, -0.2) is 85.0 Å². The van der Waals surface area contributed by atoms with E-state index in [4.69, 9.17) is 22.4 Å². The van der Waals surface area contributed by atoms with Gasteiger partial charge < -0.3 is 40.5 Å². The highest BCUT2D eigenvalue weighted by atomic mass is 32.1. The predicted molar refractivity (Wildman–Crippen MR) is 186 cm³/mol. The minimum absolute atomic E-state index is 0.00752. The van der Waals surface area contributed by atoms with Crippen molar-refractivity contribution in [3.63, 3.8) is 0 Å². The molecule has 0 saturated heterocycles. The van der Waals surface area contributed by atoms with Gasteiger partial charge in [0.2, 0.25) is 0 Å². The minimum atomic E-state index is -6.44. The summed E-state index contributed by atoms with van der Waals surface area (Å²) in [6, 6.07) is 13.9. The Morgan fingerprint density at radius 3 is 1.93 bits per heavy atom. The van der Waals surface area contributed by atoms with Crippen molar-refractivity contribution in [1.29, 1.82) is 0 Å². The molecule has 0 aromatic heterocycles. The van der Waals surface area contributed by atoms with Gasteiger partial charge in [0.15, 0.2) is 10.5 Å². The molecule has 1 heterocycles.